The minimum atomic E-state index is -1.90. The van der Waals surface area contributed by atoms with Crippen molar-refractivity contribution in [1.29, 1.82) is 0 Å². The van der Waals surface area contributed by atoms with Crippen LogP contribution < -0.4 is 4.74 Å². The molecule has 0 radical (unpaired) electrons. The van der Waals surface area contributed by atoms with Gasteiger partial charge >= 0.3 is 11.9 Å². The van der Waals surface area contributed by atoms with E-state index >= 15 is 0 Å². The van der Waals surface area contributed by atoms with Gasteiger partial charge in [0.25, 0.3) is 0 Å². The lowest BCUT2D eigenvalue weighted by Crippen LogP contribution is -2.39. The van der Waals surface area contributed by atoms with Gasteiger partial charge in [-0.3, -0.25) is 9.59 Å². The Hall–Kier alpha value is -2.28. The van der Waals surface area contributed by atoms with Crippen molar-refractivity contribution in [3.05, 3.63) is 23.3 Å². The van der Waals surface area contributed by atoms with E-state index in [-0.39, 0.29) is 17.2 Å². The third-order valence-electron chi connectivity index (χ3n) is 3.45. The average Bonchev–Trinajstić information content (AvgIpc) is 2.50. The zero-order valence-electron chi connectivity index (χ0n) is 14.6. The molecule has 7 heteroatoms. The summed E-state index contributed by atoms with van der Waals surface area (Å²) in [5.41, 5.74) is -1.20. The molecule has 1 aromatic rings. The maximum atomic E-state index is 11.7. The fourth-order valence-electron chi connectivity index (χ4n) is 2.04. The van der Waals surface area contributed by atoms with Crippen LogP contribution in [-0.2, 0) is 24.7 Å². The number of esters is 2. The summed E-state index contributed by atoms with van der Waals surface area (Å²) < 4.78 is 15.2. The van der Waals surface area contributed by atoms with E-state index in [4.69, 9.17) is 14.2 Å². The fraction of sp³-hybridized carbons (Fsp3) is 0.529. The Bertz CT molecular complexity index is 609. The summed E-state index contributed by atoms with van der Waals surface area (Å²) in [5.74, 6) is -1.30. The second kappa shape index (κ2) is 8.01. The van der Waals surface area contributed by atoms with Gasteiger partial charge in [-0.25, -0.2) is 0 Å². The Morgan fingerprint density at radius 1 is 1.21 bits per heavy atom. The van der Waals surface area contributed by atoms with Crippen LogP contribution in [0.15, 0.2) is 12.1 Å². The molecule has 7 nitrogen and oxygen atoms in total. The molecule has 1 aromatic carbocycles. The van der Waals surface area contributed by atoms with Gasteiger partial charge in [-0.1, -0.05) is 13.8 Å². The van der Waals surface area contributed by atoms with Crippen LogP contribution >= 0.6 is 0 Å². The molecule has 134 valence electrons. The van der Waals surface area contributed by atoms with E-state index in [1.807, 2.05) is 0 Å². The van der Waals surface area contributed by atoms with Crippen molar-refractivity contribution < 1.29 is 34.0 Å². The number of hydrogen-bond acceptors (Lipinski definition) is 7. The first-order valence-corrected chi connectivity index (χ1v) is 7.51. The number of aliphatic hydroxyl groups is 1. The molecule has 0 bridgehead atoms. The summed E-state index contributed by atoms with van der Waals surface area (Å²) in [6.45, 7) is 5.27. The summed E-state index contributed by atoms with van der Waals surface area (Å²) in [4.78, 5) is 22.8. The predicted octanol–water partition coefficient (Wildman–Crippen LogP) is 1.66. The van der Waals surface area contributed by atoms with Gasteiger partial charge in [-0.05, 0) is 24.6 Å². The fourth-order valence-corrected chi connectivity index (χ4v) is 2.04. The third kappa shape index (κ3) is 4.86. The Balaban J connectivity index is 3.21. The van der Waals surface area contributed by atoms with Gasteiger partial charge in [0, 0.05) is 12.5 Å². The average molecular weight is 340 g/mol. The van der Waals surface area contributed by atoms with Crippen LogP contribution in [0.3, 0.4) is 0 Å². The number of hydrogen-bond donors (Lipinski definition) is 2. The number of aromatic hydroxyl groups is 1. The van der Waals surface area contributed by atoms with Crippen molar-refractivity contribution >= 4 is 11.9 Å². The van der Waals surface area contributed by atoms with Crippen LogP contribution in [0, 0.1) is 12.8 Å². The number of aryl methyl sites for hydroxylation is 1. The zero-order chi connectivity index (χ0) is 18.5. The standard InChI is InChI=1S/C17H24O7/c1-10(2)16(20)24-9-17(21,8-23-12(4)18)13-7-15(22-5)11(3)6-14(13)19/h6-7,10,19,21H,8-9H2,1-5H3/t17-/m1/s1. The molecule has 2 N–H and O–H groups in total. The van der Waals surface area contributed by atoms with Crippen molar-refractivity contribution in [2.75, 3.05) is 20.3 Å². The Morgan fingerprint density at radius 2 is 1.79 bits per heavy atom. The van der Waals surface area contributed by atoms with Crippen LogP contribution in [0.5, 0.6) is 11.5 Å². The highest BCUT2D eigenvalue weighted by Crippen LogP contribution is 2.35. The zero-order valence-corrected chi connectivity index (χ0v) is 14.6. The Labute approximate surface area is 141 Å². The molecule has 0 spiro atoms. The minimum absolute atomic E-state index is 0.0442. The van der Waals surface area contributed by atoms with Gasteiger partial charge in [0.15, 0.2) is 5.60 Å². The van der Waals surface area contributed by atoms with Crippen LogP contribution in [0.2, 0.25) is 0 Å². The number of ether oxygens (including phenoxy) is 3. The van der Waals surface area contributed by atoms with E-state index in [1.165, 1.54) is 26.2 Å². The highest BCUT2D eigenvalue weighted by atomic mass is 16.6. The van der Waals surface area contributed by atoms with E-state index in [9.17, 15) is 19.8 Å². The second-order valence-corrected chi connectivity index (χ2v) is 5.91. The monoisotopic (exact) mass is 340 g/mol. The number of methoxy groups -OCH3 is 1. The topological polar surface area (TPSA) is 102 Å². The van der Waals surface area contributed by atoms with E-state index in [1.54, 1.807) is 20.8 Å². The largest absolute Gasteiger partial charge is 0.508 e. The highest BCUT2D eigenvalue weighted by Gasteiger charge is 2.36. The van der Waals surface area contributed by atoms with E-state index < -0.39 is 30.8 Å². The molecule has 0 aromatic heterocycles. The van der Waals surface area contributed by atoms with Crippen LogP contribution in [0.1, 0.15) is 31.9 Å². The van der Waals surface area contributed by atoms with Gasteiger partial charge in [0.1, 0.15) is 24.7 Å². The maximum absolute atomic E-state index is 11.7. The van der Waals surface area contributed by atoms with E-state index in [0.717, 1.165) is 0 Å². The van der Waals surface area contributed by atoms with Gasteiger partial charge in [0.2, 0.25) is 0 Å². The smallest absolute Gasteiger partial charge is 0.308 e. The molecule has 0 unspecified atom stereocenters. The number of rotatable bonds is 7. The summed E-state index contributed by atoms with van der Waals surface area (Å²) >= 11 is 0. The second-order valence-electron chi connectivity index (χ2n) is 5.91. The van der Waals surface area contributed by atoms with E-state index in [0.29, 0.717) is 11.3 Å². The van der Waals surface area contributed by atoms with Crippen LogP contribution in [-0.4, -0.2) is 42.5 Å². The quantitative estimate of drug-likeness (QED) is 0.728. The molecule has 1 rings (SSSR count). The molecule has 0 saturated carbocycles. The number of phenolic OH excluding ortho intramolecular Hbond substituents is 1. The third-order valence-corrected chi connectivity index (χ3v) is 3.45. The first-order valence-electron chi connectivity index (χ1n) is 7.51. The first kappa shape index (κ1) is 19.8. The normalized spacial score (nSPS) is 13.3. The Kier molecular flexibility index (Phi) is 6.60. The number of carbonyl (C=O) groups excluding carboxylic acids is 2. The van der Waals surface area contributed by atoms with Gasteiger partial charge < -0.3 is 24.4 Å². The summed E-state index contributed by atoms with van der Waals surface area (Å²) in [6, 6.07) is 2.84. The molecule has 0 heterocycles. The summed E-state index contributed by atoms with van der Waals surface area (Å²) in [5, 5.41) is 21.1. The molecular weight excluding hydrogens is 316 g/mol. The molecule has 0 fully saturated rings. The number of benzene rings is 1. The van der Waals surface area contributed by atoms with Crippen molar-refractivity contribution in [3.63, 3.8) is 0 Å². The van der Waals surface area contributed by atoms with Crippen molar-refractivity contribution in [1.82, 2.24) is 0 Å². The molecule has 0 amide bonds. The number of carbonyl (C=O) groups is 2. The first-order chi connectivity index (χ1) is 11.1. The lowest BCUT2D eigenvalue weighted by molar-refractivity contribution is -0.165. The molecule has 0 aliphatic heterocycles. The van der Waals surface area contributed by atoms with Gasteiger partial charge in [-0.2, -0.15) is 0 Å². The molecule has 0 aliphatic carbocycles. The highest BCUT2D eigenvalue weighted by molar-refractivity contribution is 5.71. The Morgan fingerprint density at radius 3 is 2.29 bits per heavy atom. The van der Waals surface area contributed by atoms with Crippen LogP contribution in [0.25, 0.3) is 0 Å². The van der Waals surface area contributed by atoms with Crippen molar-refractivity contribution in [2.24, 2.45) is 5.92 Å². The molecular formula is C17H24O7. The SMILES string of the molecule is COc1cc([C@@](O)(COC(C)=O)COC(=O)C(C)C)c(O)cc1C. The van der Waals surface area contributed by atoms with Crippen molar-refractivity contribution in [2.45, 2.75) is 33.3 Å². The number of phenols is 1. The predicted molar refractivity (Wildman–Crippen MR) is 85.7 cm³/mol. The molecule has 1 atom stereocenters. The maximum Gasteiger partial charge on any atom is 0.308 e. The molecule has 0 saturated heterocycles. The van der Waals surface area contributed by atoms with Crippen LogP contribution in [0.4, 0.5) is 0 Å². The van der Waals surface area contributed by atoms with Crippen molar-refractivity contribution in [3.8, 4) is 11.5 Å². The lowest BCUT2D eigenvalue weighted by atomic mass is 9.93. The molecule has 0 aliphatic rings. The molecule has 24 heavy (non-hydrogen) atoms. The summed E-state index contributed by atoms with van der Waals surface area (Å²) in [7, 11) is 1.45. The van der Waals surface area contributed by atoms with Gasteiger partial charge in [-0.15, -0.1) is 0 Å². The minimum Gasteiger partial charge on any atom is -0.508 e. The van der Waals surface area contributed by atoms with Gasteiger partial charge in [0.05, 0.1) is 13.0 Å². The lowest BCUT2D eigenvalue weighted by Gasteiger charge is -2.29. The summed E-state index contributed by atoms with van der Waals surface area (Å²) in [6.07, 6.45) is 0. The van der Waals surface area contributed by atoms with E-state index in [2.05, 4.69) is 0 Å².